The average molecular weight is 402 g/mol. The molecule has 0 aromatic heterocycles. The predicted octanol–water partition coefficient (Wildman–Crippen LogP) is 2.55. The van der Waals surface area contributed by atoms with Crippen molar-refractivity contribution in [2.24, 2.45) is 0 Å². The van der Waals surface area contributed by atoms with E-state index >= 15 is 0 Å². The topological polar surface area (TPSA) is 84.5 Å². The monoisotopic (exact) mass is 402 g/mol. The summed E-state index contributed by atoms with van der Waals surface area (Å²) in [6.07, 6.45) is -4.48. The highest BCUT2D eigenvalue weighted by Crippen LogP contribution is 2.29. The van der Waals surface area contributed by atoms with Crippen LogP contribution in [0.5, 0.6) is 5.75 Å². The number of nitrogens with one attached hydrogen (secondary N) is 2. The number of methoxy groups -OCH3 is 1. The van der Waals surface area contributed by atoms with Gasteiger partial charge >= 0.3 is 6.18 Å². The molecule has 146 valence electrons. The molecule has 0 bridgehead atoms. The lowest BCUT2D eigenvalue weighted by molar-refractivity contribution is -0.137. The van der Waals surface area contributed by atoms with Crippen molar-refractivity contribution in [1.82, 2.24) is 10.0 Å². The Morgan fingerprint density at radius 2 is 1.85 bits per heavy atom. The Kier molecular flexibility index (Phi) is 6.11. The third-order valence-corrected chi connectivity index (χ3v) is 5.13. The van der Waals surface area contributed by atoms with Crippen LogP contribution in [0.4, 0.5) is 13.2 Å². The van der Waals surface area contributed by atoms with Gasteiger partial charge in [-0.3, -0.25) is 4.79 Å². The van der Waals surface area contributed by atoms with Crippen LogP contribution >= 0.6 is 0 Å². The summed E-state index contributed by atoms with van der Waals surface area (Å²) in [6.45, 7) is -0.150. The Hall–Kier alpha value is -2.59. The van der Waals surface area contributed by atoms with Gasteiger partial charge in [-0.1, -0.05) is 12.1 Å². The molecule has 0 spiro atoms. The van der Waals surface area contributed by atoms with E-state index in [1.807, 2.05) is 0 Å². The van der Waals surface area contributed by atoms with E-state index in [-0.39, 0.29) is 28.3 Å². The molecule has 2 aromatic rings. The van der Waals surface area contributed by atoms with Crippen molar-refractivity contribution < 1.29 is 31.1 Å². The second kappa shape index (κ2) is 7.97. The van der Waals surface area contributed by atoms with Gasteiger partial charge in [-0.25, -0.2) is 13.1 Å². The number of hydrogen-bond donors (Lipinski definition) is 2. The lowest BCUT2D eigenvalue weighted by atomic mass is 10.1. The highest BCUT2D eigenvalue weighted by molar-refractivity contribution is 7.89. The van der Waals surface area contributed by atoms with Crippen molar-refractivity contribution in [2.45, 2.75) is 17.6 Å². The van der Waals surface area contributed by atoms with E-state index in [1.165, 1.54) is 38.4 Å². The number of sulfonamides is 1. The van der Waals surface area contributed by atoms with Crippen LogP contribution in [-0.2, 0) is 22.7 Å². The Balaban J connectivity index is 2.21. The summed E-state index contributed by atoms with van der Waals surface area (Å²) in [4.78, 5) is 12.1. The molecule has 1 amide bonds. The number of rotatable bonds is 6. The molecule has 27 heavy (non-hydrogen) atoms. The summed E-state index contributed by atoms with van der Waals surface area (Å²) < 4.78 is 69.4. The van der Waals surface area contributed by atoms with E-state index in [1.54, 1.807) is 0 Å². The molecule has 0 radical (unpaired) electrons. The van der Waals surface area contributed by atoms with Crippen LogP contribution in [-0.4, -0.2) is 28.5 Å². The molecule has 0 saturated heterocycles. The van der Waals surface area contributed by atoms with Gasteiger partial charge in [-0.05, 0) is 42.9 Å². The minimum atomic E-state index is -4.48. The maximum atomic E-state index is 12.7. The molecule has 0 aliphatic carbocycles. The van der Waals surface area contributed by atoms with Crippen molar-refractivity contribution in [3.8, 4) is 5.75 Å². The summed E-state index contributed by atoms with van der Waals surface area (Å²) in [7, 11) is -1.36. The van der Waals surface area contributed by atoms with Crippen LogP contribution in [0.2, 0.25) is 0 Å². The van der Waals surface area contributed by atoms with Gasteiger partial charge in [0.1, 0.15) is 10.6 Å². The molecule has 6 nitrogen and oxygen atoms in total. The summed E-state index contributed by atoms with van der Waals surface area (Å²) in [5.41, 5.74) is -0.535. The van der Waals surface area contributed by atoms with Crippen molar-refractivity contribution in [2.75, 3.05) is 14.2 Å². The summed E-state index contributed by atoms with van der Waals surface area (Å²) in [5, 5.41) is 2.47. The fourth-order valence-corrected chi connectivity index (χ4v) is 3.20. The van der Waals surface area contributed by atoms with Crippen molar-refractivity contribution in [3.63, 3.8) is 0 Å². The number of ether oxygens (including phenoxy) is 1. The van der Waals surface area contributed by atoms with Gasteiger partial charge < -0.3 is 10.1 Å². The number of carbonyl (C=O) groups is 1. The number of carbonyl (C=O) groups excluding carboxylic acids is 1. The fourth-order valence-electron chi connectivity index (χ4n) is 2.28. The molecular weight excluding hydrogens is 385 g/mol. The Morgan fingerprint density at radius 1 is 1.15 bits per heavy atom. The minimum Gasteiger partial charge on any atom is -0.495 e. The number of halogens is 3. The molecule has 2 aromatic carbocycles. The Labute approximate surface area is 154 Å². The van der Waals surface area contributed by atoms with E-state index in [9.17, 15) is 26.4 Å². The minimum absolute atomic E-state index is 0.0246. The van der Waals surface area contributed by atoms with Gasteiger partial charge in [0, 0.05) is 12.1 Å². The van der Waals surface area contributed by atoms with E-state index in [4.69, 9.17) is 4.74 Å². The molecule has 0 saturated carbocycles. The first-order valence-electron chi connectivity index (χ1n) is 7.64. The third-order valence-electron chi connectivity index (χ3n) is 3.69. The van der Waals surface area contributed by atoms with Gasteiger partial charge in [0.05, 0.1) is 12.7 Å². The molecule has 0 atom stereocenters. The van der Waals surface area contributed by atoms with Crippen LogP contribution in [0.3, 0.4) is 0 Å². The summed E-state index contributed by atoms with van der Waals surface area (Å²) in [5.74, 6) is -0.582. The van der Waals surface area contributed by atoms with Gasteiger partial charge in [0.2, 0.25) is 10.0 Å². The normalized spacial score (nSPS) is 11.9. The zero-order valence-electron chi connectivity index (χ0n) is 14.4. The first-order chi connectivity index (χ1) is 12.6. The molecule has 0 unspecified atom stereocenters. The van der Waals surface area contributed by atoms with Gasteiger partial charge in [0.15, 0.2) is 0 Å². The van der Waals surface area contributed by atoms with E-state index < -0.39 is 27.7 Å². The first kappa shape index (κ1) is 20.7. The molecule has 0 aliphatic heterocycles. The molecule has 0 aliphatic rings. The first-order valence-corrected chi connectivity index (χ1v) is 9.12. The lowest BCUT2D eigenvalue weighted by Gasteiger charge is -2.12. The molecule has 2 N–H and O–H groups in total. The van der Waals surface area contributed by atoms with Crippen molar-refractivity contribution in [1.29, 1.82) is 0 Å². The number of amides is 1. The summed E-state index contributed by atoms with van der Waals surface area (Å²) in [6, 6.07) is 8.37. The SMILES string of the molecule is CNS(=O)(=O)c1cc(C(=O)NCc2cccc(C(F)(F)F)c2)ccc1OC. The van der Waals surface area contributed by atoms with Gasteiger partial charge in [-0.2, -0.15) is 13.2 Å². The van der Waals surface area contributed by atoms with Crippen LogP contribution in [0.15, 0.2) is 47.4 Å². The standard InChI is InChI=1S/C17H17F3N2O4S/c1-21-27(24,25)15-9-12(6-7-14(15)26-2)16(23)22-10-11-4-3-5-13(8-11)17(18,19)20/h3-9,21H,10H2,1-2H3,(H,22,23). The molecule has 10 heteroatoms. The molecule has 0 heterocycles. The van der Waals surface area contributed by atoms with Crippen LogP contribution in [0, 0.1) is 0 Å². The zero-order chi connectivity index (χ0) is 20.2. The molecular formula is C17H17F3N2O4S. The predicted molar refractivity (Wildman–Crippen MR) is 91.9 cm³/mol. The zero-order valence-corrected chi connectivity index (χ0v) is 15.2. The Bertz CT molecular complexity index is 943. The largest absolute Gasteiger partial charge is 0.495 e. The van der Waals surface area contributed by atoms with Crippen LogP contribution < -0.4 is 14.8 Å². The average Bonchev–Trinajstić information content (AvgIpc) is 2.65. The number of benzene rings is 2. The van der Waals surface area contributed by atoms with Crippen LogP contribution in [0.25, 0.3) is 0 Å². The van der Waals surface area contributed by atoms with Crippen LogP contribution in [0.1, 0.15) is 21.5 Å². The second-order valence-corrected chi connectivity index (χ2v) is 7.31. The quantitative estimate of drug-likeness (QED) is 0.778. The van der Waals surface area contributed by atoms with Crippen molar-refractivity contribution in [3.05, 3.63) is 59.2 Å². The number of alkyl halides is 3. The maximum Gasteiger partial charge on any atom is 0.416 e. The highest BCUT2D eigenvalue weighted by Gasteiger charge is 2.30. The molecule has 2 rings (SSSR count). The fraction of sp³-hybridized carbons (Fsp3) is 0.235. The third kappa shape index (κ3) is 4.98. The van der Waals surface area contributed by atoms with Gasteiger partial charge in [0.25, 0.3) is 5.91 Å². The molecule has 0 fully saturated rings. The van der Waals surface area contributed by atoms with E-state index in [0.717, 1.165) is 18.2 Å². The summed E-state index contributed by atoms with van der Waals surface area (Å²) >= 11 is 0. The van der Waals surface area contributed by atoms with E-state index in [2.05, 4.69) is 10.0 Å². The van der Waals surface area contributed by atoms with Crippen molar-refractivity contribution >= 4 is 15.9 Å². The lowest BCUT2D eigenvalue weighted by Crippen LogP contribution is -2.24. The van der Waals surface area contributed by atoms with E-state index in [0.29, 0.717) is 0 Å². The number of hydrogen-bond acceptors (Lipinski definition) is 4. The maximum absolute atomic E-state index is 12.7. The smallest absolute Gasteiger partial charge is 0.416 e. The Morgan fingerprint density at radius 3 is 2.44 bits per heavy atom. The van der Waals surface area contributed by atoms with Gasteiger partial charge in [-0.15, -0.1) is 0 Å². The second-order valence-electron chi connectivity index (χ2n) is 5.45. The highest BCUT2D eigenvalue weighted by atomic mass is 32.2.